The van der Waals surface area contributed by atoms with E-state index in [-0.39, 0.29) is 36.0 Å². The van der Waals surface area contributed by atoms with Gasteiger partial charge in [0.2, 0.25) is 6.41 Å². The quantitative estimate of drug-likeness (QED) is 0.0754. The van der Waals surface area contributed by atoms with Gasteiger partial charge in [-0.3, -0.25) is 9.59 Å². The van der Waals surface area contributed by atoms with E-state index in [1.807, 2.05) is 20.8 Å². The summed E-state index contributed by atoms with van der Waals surface area (Å²) in [6, 6.07) is -0.632. The Bertz CT molecular complexity index is 608. The number of nitrogens with one attached hydrogen (secondary N) is 1. The number of unbranched alkanes of at least 4 members (excludes halogenated alkanes) is 14. The van der Waals surface area contributed by atoms with Gasteiger partial charge in [0.15, 0.2) is 0 Å². The lowest BCUT2D eigenvalue weighted by Gasteiger charge is -2.36. The van der Waals surface area contributed by atoms with E-state index < -0.39 is 6.04 Å². The van der Waals surface area contributed by atoms with Gasteiger partial charge < -0.3 is 14.8 Å². The molecule has 6 nitrogen and oxygen atoms in total. The molecule has 0 aromatic heterocycles. The number of esters is 2. The van der Waals surface area contributed by atoms with E-state index in [1.54, 1.807) is 0 Å². The molecular formula is C31H57NO5. The van der Waals surface area contributed by atoms with Gasteiger partial charge in [-0.1, -0.05) is 118 Å². The van der Waals surface area contributed by atoms with Gasteiger partial charge in [0.25, 0.3) is 0 Å². The number of rotatable bonds is 25. The Kier molecular flexibility index (Phi) is 19.3. The third-order valence-corrected chi connectivity index (χ3v) is 7.63. The van der Waals surface area contributed by atoms with Crippen molar-refractivity contribution in [2.75, 3.05) is 0 Å². The molecule has 1 N–H and O–H groups in total. The number of amides is 1. The largest absolute Gasteiger partial charge is 0.461 e. The molecule has 4 atom stereocenters. The van der Waals surface area contributed by atoms with E-state index in [4.69, 9.17) is 9.47 Å². The average molecular weight is 524 g/mol. The first-order valence-corrected chi connectivity index (χ1v) is 15.5. The van der Waals surface area contributed by atoms with E-state index >= 15 is 0 Å². The summed E-state index contributed by atoms with van der Waals surface area (Å²) >= 11 is 0. The Morgan fingerprint density at radius 2 is 1.41 bits per heavy atom. The van der Waals surface area contributed by atoms with Crippen molar-refractivity contribution < 1.29 is 23.9 Å². The summed E-state index contributed by atoms with van der Waals surface area (Å²) in [6.07, 6.45) is 22.4. The number of carbonyl (C=O) groups is 3. The van der Waals surface area contributed by atoms with Crippen LogP contribution in [0.25, 0.3) is 0 Å². The van der Waals surface area contributed by atoms with E-state index in [1.165, 1.54) is 83.5 Å². The Labute approximate surface area is 227 Å². The molecule has 0 saturated carbocycles. The number of carbonyl (C=O) groups excluding carboxylic acids is 3. The predicted octanol–water partition coefficient (Wildman–Crippen LogP) is 7.66. The summed E-state index contributed by atoms with van der Waals surface area (Å²) in [6.45, 7) is 8.28. The van der Waals surface area contributed by atoms with Gasteiger partial charge in [0, 0.05) is 6.42 Å². The minimum absolute atomic E-state index is 0.0955. The van der Waals surface area contributed by atoms with Gasteiger partial charge in [0.05, 0.1) is 5.92 Å². The van der Waals surface area contributed by atoms with Gasteiger partial charge >= 0.3 is 11.9 Å². The highest BCUT2D eigenvalue weighted by molar-refractivity contribution is 5.79. The van der Waals surface area contributed by atoms with Crippen molar-refractivity contribution in [1.82, 2.24) is 5.32 Å². The molecule has 1 rings (SSSR count). The van der Waals surface area contributed by atoms with Crippen molar-refractivity contribution in [2.24, 2.45) is 11.8 Å². The average Bonchev–Trinajstić information content (AvgIpc) is 2.85. The van der Waals surface area contributed by atoms with E-state index in [0.29, 0.717) is 19.3 Å². The third-order valence-electron chi connectivity index (χ3n) is 7.63. The van der Waals surface area contributed by atoms with Crippen molar-refractivity contribution in [3.63, 3.8) is 0 Å². The maximum Gasteiger partial charge on any atom is 0.328 e. The van der Waals surface area contributed by atoms with Crippen LogP contribution >= 0.6 is 0 Å². The summed E-state index contributed by atoms with van der Waals surface area (Å²) in [4.78, 5) is 35.5. The van der Waals surface area contributed by atoms with Crippen LogP contribution in [-0.4, -0.2) is 36.6 Å². The SMILES string of the molecule is CCCCCCCCCCCCCCCCC[C@@H](C[C@@H]1OC(=O)[C@H]1CC)OC(=O)[C@H](CC(C)C)NC=O. The van der Waals surface area contributed by atoms with Gasteiger partial charge in [0.1, 0.15) is 18.2 Å². The van der Waals surface area contributed by atoms with Crippen LogP contribution in [0.5, 0.6) is 0 Å². The van der Waals surface area contributed by atoms with Crippen LogP contribution in [0.15, 0.2) is 0 Å². The molecule has 0 aliphatic carbocycles. The minimum atomic E-state index is -0.632. The lowest BCUT2D eigenvalue weighted by atomic mass is 9.88. The molecule has 0 unspecified atom stereocenters. The minimum Gasteiger partial charge on any atom is -0.461 e. The van der Waals surface area contributed by atoms with Crippen molar-refractivity contribution in [2.45, 2.75) is 168 Å². The van der Waals surface area contributed by atoms with Crippen LogP contribution in [0, 0.1) is 11.8 Å². The maximum absolute atomic E-state index is 12.8. The van der Waals surface area contributed by atoms with E-state index in [9.17, 15) is 14.4 Å². The molecule has 1 amide bonds. The van der Waals surface area contributed by atoms with Crippen LogP contribution in [0.4, 0.5) is 0 Å². The molecule has 1 aliphatic rings. The summed E-state index contributed by atoms with van der Waals surface area (Å²) in [5, 5.41) is 2.61. The molecule has 0 aromatic carbocycles. The highest BCUT2D eigenvalue weighted by atomic mass is 16.6. The molecular weight excluding hydrogens is 466 g/mol. The monoisotopic (exact) mass is 523 g/mol. The van der Waals surface area contributed by atoms with Crippen molar-refractivity contribution >= 4 is 18.3 Å². The smallest absolute Gasteiger partial charge is 0.328 e. The number of hydrogen-bond donors (Lipinski definition) is 1. The zero-order chi connectivity index (χ0) is 27.3. The van der Waals surface area contributed by atoms with Gasteiger partial charge in [-0.25, -0.2) is 4.79 Å². The van der Waals surface area contributed by atoms with E-state index in [0.717, 1.165) is 25.7 Å². The summed E-state index contributed by atoms with van der Waals surface area (Å²) in [5.74, 6) is -0.367. The first kappa shape index (κ1) is 33.4. The zero-order valence-corrected chi connectivity index (χ0v) is 24.4. The molecule has 0 bridgehead atoms. The number of cyclic esters (lactones) is 1. The summed E-state index contributed by atoms with van der Waals surface area (Å²) < 4.78 is 11.2. The predicted molar refractivity (Wildman–Crippen MR) is 150 cm³/mol. The van der Waals surface area contributed by atoms with Crippen LogP contribution in [0.1, 0.15) is 150 Å². The Hall–Kier alpha value is -1.59. The zero-order valence-electron chi connectivity index (χ0n) is 24.4. The van der Waals surface area contributed by atoms with Gasteiger partial charge in [-0.05, 0) is 31.6 Å². The van der Waals surface area contributed by atoms with Crippen LogP contribution in [0.2, 0.25) is 0 Å². The second-order valence-corrected chi connectivity index (χ2v) is 11.5. The van der Waals surface area contributed by atoms with Crippen LogP contribution < -0.4 is 5.32 Å². The standard InChI is InChI=1S/C31H57NO5/c1-5-7-8-9-10-11-12-13-14-15-16-17-18-19-20-21-26(23-29-27(6-2)30(34)37-29)36-31(35)28(32-24-33)22-25(3)4/h24-29H,5-23H2,1-4H3,(H,32,33)/t26-,27-,28-,29-/m0/s1. The number of ether oxygens (including phenoxy) is 2. The molecule has 1 fully saturated rings. The van der Waals surface area contributed by atoms with Crippen molar-refractivity contribution in [1.29, 1.82) is 0 Å². The Morgan fingerprint density at radius 1 is 0.892 bits per heavy atom. The summed E-state index contributed by atoms with van der Waals surface area (Å²) in [5.41, 5.74) is 0. The molecule has 1 heterocycles. The van der Waals surface area contributed by atoms with Crippen LogP contribution in [-0.2, 0) is 23.9 Å². The summed E-state index contributed by atoms with van der Waals surface area (Å²) in [7, 11) is 0. The fourth-order valence-electron chi connectivity index (χ4n) is 5.30. The first-order chi connectivity index (χ1) is 17.9. The Balaban J connectivity index is 2.27. The highest BCUT2D eigenvalue weighted by Gasteiger charge is 2.42. The second kappa shape index (κ2) is 21.4. The molecule has 216 valence electrons. The molecule has 1 aliphatic heterocycles. The highest BCUT2D eigenvalue weighted by Crippen LogP contribution is 2.31. The molecule has 6 heteroatoms. The van der Waals surface area contributed by atoms with Crippen molar-refractivity contribution in [3.8, 4) is 0 Å². The van der Waals surface area contributed by atoms with E-state index in [2.05, 4.69) is 12.2 Å². The third kappa shape index (κ3) is 15.4. The maximum atomic E-state index is 12.8. The lowest BCUT2D eigenvalue weighted by Crippen LogP contribution is -2.47. The number of hydrogen-bond acceptors (Lipinski definition) is 5. The normalized spacial score (nSPS) is 18.7. The fourth-order valence-corrected chi connectivity index (χ4v) is 5.30. The topological polar surface area (TPSA) is 81.7 Å². The first-order valence-electron chi connectivity index (χ1n) is 15.5. The fraction of sp³-hybridized carbons (Fsp3) is 0.903. The molecule has 1 saturated heterocycles. The molecule has 0 aromatic rings. The molecule has 0 spiro atoms. The molecule has 0 radical (unpaired) electrons. The Morgan fingerprint density at radius 3 is 1.84 bits per heavy atom. The second-order valence-electron chi connectivity index (χ2n) is 11.5. The van der Waals surface area contributed by atoms with Gasteiger partial charge in [-0.15, -0.1) is 0 Å². The van der Waals surface area contributed by atoms with Crippen LogP contribution in [0.3, 0.4) is 0 Å². The van der Waals surface area contributed by atoms with Gasteiger partial charge in [-0.2, -0.15) is 0 Å². The van der Waals surface area contributed by atoms with Crippen molar-refractivity contribution in [3.05, 3.63) is 0 Å². The lowest BCUT2D eigenvalue weighted by molar-refractivity contribution is -0.190. The molecule has 37 heavy (non-hydrogen) atoms.